The monoisotopic (exact) mass is 259 g/mol. The Bertz CT molecular complexity index is 514. The van der Waals surface area contributed by atoms with Crippen LogP contribution in [0.1, 0.15) is 0 Å². The maximum atomic E-state index is 13.1. The Morgan fingerprint density at radius 3 is 1.62 bits per heavy atom. The summed E-state index contributed by atoms with van der Waals surface area (Å²) >= 11 is 0. The summed E-state index contributed by atoms with van der Waals surface area (Å²) in [6, 6.07) is 0. The van der Waals surface area contributed by atoms with E-state index in [1.54, 1.807) is 0 Å². The Morgan fingerprint density at radius 2 is 1.38 bits per heavy atom. The highest BCUT2D eigenvalue weighted by molar-refractivity contribution is 7.89. The van der Waals surface area contributed by atoms with Crippen molar-refractivity contribution in [3.8, 4) is 5.75 Å². The first-order valence-electron chi connectivity index (χ1n) is 3.64. The van der Waals surface area contributed by atoms with Crippen LogP contribution in [0, 0.1) is 23.3 Å². The number of sulfonamides is 1. The number of methoxy groups -OCH3 is 1. The third-order valence-corrected chi connectivity index (χ3v) is 2.60. The molecular weight excluding hydrogens is 254 g/mol. The Hall–Kier alpha value is -1.35. The summed E-state index contributed by atoms with van der Waals surface area (Å²) in [6.45, 7) is 0. The van der Waals surface area contributed by atoms with Crippen molar-refractivity contribution in [3.63, 3.8) is 0 Å². The van der Waals surface area contributed by atoms with Gasteiger partial charge in [-0.25, -0.2) is 22.3 Å². The summed E-state index contributed by atoms with van der Waals surface area (Å²) in [6.07, 6.45) is 0. The van der Waals surface area contributed by atoms with Gasteiger partial charge >= 0.3 is 0 Å². The molecular formula is C7H5F4NO3S. The van der Waals surface area contributed by atoms with E-state index >= 15 is 0 Å². The molecule has 0 fully saturated rings. The normalized spacial score (nSPS) is 11.6. The van der Waals surface area contributed by atoms with Gasteiger partial charge in [-0.3, -0.25) is 0 Å². The smallest absolute Gasteiger partial charge is 0.244 e. The zero-order valence-corrected chi connectivity index (χ0v) is 8.54. The third-order valence-electron chi connectivity index (χ3n) is 1.67. The Morgan fingerprint density at radius 1 is 1.00 bits per heavy atom. The van der Waals surface area contributed by atoms with Crippen molar-refractivity contribution in [3.05, 3.63) is 23.3 Å². The van der Waals surface area contributed by atoms with E-state index in [9.17, 15) is 26.0 Å². The minimum absolute atomic E-state index is 0.761. The SMILES string of the molecule is COc1c(F)c(F)c(S(N)(=O)=O)c(F)c1F. The van der Waals surface area contributed by atoms with E-state index in [4.69, 9.17) is 0 Å². The lowest BCUT2D eigenvalue weighted by atomic mass is 10.3. The topological polar surface area (TPSA) is 69.4 Å². The van der Waals surface area contributed by atoms with Crippen molar-refractivity contribution in [1.29, 1.82) is 0 Å². The lowest BCUT2D eigenvalue weighted by Gasteiger charge is -2.09. The Labute approximate surface area is 87.7 Å². The Kier molecular flexibility index (Phi) is 3.10. The highest BCUT2D eigenvalue weighted by Crippen LogP contribution is 2.31. The van der Waals surface area contributed by atoms with Gasteiger partial charge in [0.05, 0.1) is 7.11 Å². The van der Waals surface area contributed by atoms with Crippen LogP contribution >= 0.6 is 0 Å². The van der Waals surface area contributed by atoms with Crippen molar-refractivity contribution in [2.24, 2.45) is 5.14 Å². The maximum Gasteiger partial charge on any atom is 0.244 e. The molecule has 0 saturated carbocycles. The van der Waals surface area contributed by atoms with Crippen molar-refractivity contribution in [2.75, 3.05) is 7.11 Å². The van der Waals surface area contributed by atoms with E-state index in [0.717, 1.165) is 7.11 Å². The summed E-state index contributed by atoms with van der Waals surface area (Å²) in [5.74, 6) is -9.55. The number of rotatable bonds is 2. The van der Waals surface area contributed by atoms with Gasteiger partial charge in [-0.15, -0.1) is 0 Å². The van der Waals surface area contributed by atoms with Crippen LogP contribution in [0.5, 0.6) is 5.75 Å². The molecule has 1 aromatic carbocycles. The minimum Gasteiger partial charge on any atom is -0.491 e. The standard InChI is InChI=1S/C7H5F4NO3S/c1-15-6-2(8)4(10)7(16(12,13)14)5(11)3(6)9/h1H3,(H2,12,13,14). The first-order chi connectivity index (χ1) is 7.21. The average molecular weight is 259 g/mol. The van der Waals surface area contributed by atoms with Gasteiger partial charge < -0.3 is 4.74 Å². The van der Waals surface area contributed by atoms with Crippen molar-refractivity contribution in [2.45, 2.75) is 4.90 Å². The molecule has 9 heteroatoms. The van der Waals surface area contributed by atoms with Crippen LogP contribution in [0.25, 0.3) is 0 Å². The molecule has 0 aliphatic carbocycles. The van der Waals surface area contributed by atoms with Crippen LogP contribution in [0.15, 0.2) is 4.90 Å². The lowest BCUT2D eigenvalue weighted by Crippen LogP contribution is -2.18. The number of hydrogen-bond acceptors (Lipinski definition) is 3. The van der Waals surface area contributed by atoms with E-state index in [0.29, 0.717) is 0 Å². The van der Waals surface area contributed by atoms with E-state index in [1.165, 1.54) is 0 Å². The molecule has 90 valence electrons. The average Bonchev–Trinajstić information content (AvgIpc) is 2.14. The molecule has 0 heterocycles. The second-order valence-electron chi connectivity index (χ2n) is 2.66. The predicted octanol–water partition coefficient (Wildman–Crippen LogP) is 0.899. The van der Waals surface area contributed by atoms with Gasteiger partial charge in [0, 0.05) is 0 Å². The molecule has 0 aliphatic heterocycles. The predicted molar refractivity (Wildman–Crippen MR) is 44.2 cm³/mol. The van der Waals surface area contributed by atoms with Crippen LogP contribution in [0.2, 0.25) is 0 Å². The number of hydrogen-bond donors (Lipinski definition) is 1. The summed E-state index contributed by atoms with van der Waals surface area (Å²) < 4.78 is 77.6. The summed E-state index contributed by atoms with van der Waals surface area (Å²) in [5, 5.41) is 4.41. The fourth-order valence-electron chi connectivity index (χ4n) is 1.02. The lowest BCUT2D eigenvalue weighted by molar-refractivity contribution is 0.322. The van der Waals surface area contributed by atoms with Crippen LogP contribution in [0.3, 0.4) is 0 Å². The molecule has 0 atom stereocenters. The fourth-order valence-corrected chi connectivity index (χ4v) is 1.70. The molecule has 0 spiro atoms. The highest BCUT2D eigenvalue weighted by Gasteiger charge is 2.31. The summed E-state index contributed by atoms with van der Waals surface area (Å²) in [5.41, 5.74) is 0. The molecule has 0 amide bonds. The zero-order chi connectivity index (χ0) is 12.7. The van der Waals surface area contributed by atoms with E-state index in [2.05, 4.69) is 9.88 Å². The van der Waals surface area contributed by atoms with E-state index < -0.39 is 43.9 Å². The molecule has 0 unspecified atom stereocenters. The molecule has 16 heavy (non-hydrogen) atoms. The van der Waals surface area contributed by atoms with Crippen LogP contribution < -0.4 is 9.88 Å². The second-order valence-corrected chi connectivity index (χ2v) is 4.16. The van der Waals surface area contributed by atoms with Gasteiger partial charge in [0.1, 0.15) is 0 Å². The molecule has 0 bridgehead atoms. The van der Waals surface area contributed by atoms with E-state index in [1.807, 2.05) is 0 Å². The molecule has 0 aliphatic rings. The molecule has 0 saturated heterocycles. The largest absolute Gasteiger partial charge is 0.491 e. The van der Waals surface area contributed by atoms with Crippen LogP contribution in [-0.2, 0) is 10.0 Å². The number of primary sulfonamides is 1. The first kappa shape index (κ1) is 12.7. The van der Waals surface area contributed by atoms with Gasteiger partial charge in [0.25, 0.3) is 0 Å². The molecule has 0 aromatic heterocycles. The van der Waals surface area contributed by atoms with Crippen LogP contribution in [-0.4, -0.2) is 15.5 Å². The second kappa shape index (κ2) is 3.91. The quantitative estimate of drug-likeness (QED) is 0.633. The van der Waals surface area contributed by atoms with Gasteiger partial charge in [-0.1, -0.05) is 0 Å². The maximum absolute atomic E-state index is 13.1. The van der Waals surface area contributed by atoms with Gasteiger partial charge in [-0.05, 0) is 0 Å². The minimum atomic E-state index is -4.92. The fraction of sp³-hybridized carbons (Fsp3) is 0.143. The number of ether oxygens (including phenoxy) is 1. The van der Waals surface area contributed by atoms with Crippen molar-refractivity contribution in [1.82, 2.24) is 0 Å². The molecule has 1 rings (SSSR count). The van der Waals surface area contributed by atoms with Crippen molar-refractivity contribution < 1.29 is 30.7 Å². The summed E-state index contributed by atoms with van der Waals surface area (Å²) in [7, 11) is -4.16. The zero-order valence-electron chi connectivity index (χ0n) is 7.72. The third kappa shape index (κ3) is 1.83. The van der Waals surface area contributed by atoms with Crippen LogP contribution in [0.4, 0.5) is 17.6 Å². The Balaban J connectivity index is 3.82. The number of nitrogens with two attached hydrogens (primary N) is 1. The summed E-state index contributed by atoms with van der Waals surface area (Å²) in [4.78, 5) is -1.87. The van der Waals surface area contributed by atoms with Gasteiger partial charge in [0.2, 0.25) is 21.7 Å². The van der Waals surface area contributed by atoms with Gasteiger partial charge in [-0.2, -0.15) is 8.78 Å². The van der Waals surface area contributed by atoms with E-state index in [-0.39, 0.29) is 0 Å². The first-order valence-corrected chi connectivity index (χ1v) is 5.19. The molecule has 0 radical (unpaired) electrons. The molecule has 2 N–H and O–H groups in total. The number of benzene rings is 1. The number of halogens is 4. The molecule has 4 nitrogen and oxygen atoms in total. The molecule has 1 aromatic rings. The van der Waals surface area contributed by atoms with Gasteiger partial charge in [0.15, 0.2) is 22.3 Å². The van der Waals surface area contributed by atoms with Crippen molar-refractivity contribution >= 4 is 10.0 Å². The highest BCUT2D eigenvalue weighted by atomic mass is 32.2.